The second-order valence-electron chi connectivity index (χ2n) is 5.69. The summed E-state index contributed by atoms with van der Waals surface area (Å²) in [5.41, 5.74) is 2.20. The largest absolute Gasteiger partial charge is 0.230 e. The summed E-state index contributed by atoms with van der Waals surface area (Å²) in [5.74, 6) is 0.669. The average molecular weight is 349 g/mol. The minimum Gasteiger partial charge on any atom is -0.212 e. The molecule has 23 heavy (non-hydrogen) atoms. The summed E-state index contributed by atoms with van der Waals surface area (Å²) in [4.78, 5) is 0.453. The monoisotopic (exact) mass is 348 g/mol. The van der Waals surface area contributed by atoms with Crippen LogP contribution in [0.3, 0.4) is 0 Å². The van der Waals surface area contributed by atoms with Crippen molar-refractivity contribution in [3.05, 3.63) is 65.7 Å². The predicted molar refractivity (Wildman–Crippen MR) is 99.4 cm³/mol. The lowest BCUT2D eigenvalue weighted by Crippen LogP contribution is -1.99. The van der Waals surface area contributed by atoms with Crippen LogP contribution in [0, 0.1) is 6.92 Å². The minimum absolute atomic E-state index is 0.453. The zero-order valence-electron chi connectivity index (χ0n) is 13.6. The number of hydrogen-bond donors (Lipinski definition) is 0. The lowest BCUT2D eigenvalue weighted by Gasteiger charge is -2.06. The second-order valence-corrected chi connectivity index (χ2v) is 9.71. The van der Waals surface area contributed by atoms with E-state index in [-0.39, 0.29) is 0 Å². The van der Waals surface area contributed by atoms with Crippen molar-refractivity contribution in [3.63, 3.8) is 0 Å². The van der Waals surface area contributed by atoms with Gasteiger partial charge in [0.15, 0.2) is 0 Å². The Morgan fingerprint density at radius 2 is 1.48 bits per heavy atom. The highest BCUT2D eigenvalue weighted by atomic mass is 33.1. The van der Waals surface area contributed by atoms with Gasteiger partial charge < -0.3 is 0 Å². The number of unbranched alkanes of at least 4 members (excludes halogenated alkanes) is 3. The molecule has 0 aliphatic rings. The van der Waals surface area contributed by atoms with Gasteiger partial charge in [-0.3, -0.25) is 0 Å². The maximum absolute atomic E-state index is 12.3. The Balaban J connectivity index is 1.64. The first-order valence-electron chi connectivity index (χ1n) is 8.08. The number of aryl methyl sites for hydroxylation is 2. The van der Waals surface area contributed by atoms with Crippen molar-refractivity contribution in [3.8, 4) is 0 Å². The lowest BCUT2D eigenvalue weighted by atomic mass is 10.1. The Morgan fingerprint density at radius 1 is 0.826 bits per heavy atom. The fourth-order valence-electron chi connectivity index (χ4n) is 2.50. The molecule has 0 bridgehead atoms. The second kappa shape index (κ2) is 9.14. The Labute approximate surface area is 143 Å². The third-order valence-electron chi connectivity index (χ3n) is 3.80. The SMILES string of the molecule is Cc1ccccc1S(=O)(=O)SCCCCCCc1ccccc1. The first kappa shape index (κ1) is 18.1. The van der Waals surface area contributed by atoms with Crippen molar-refractivity contribution in [1.82, 2.24) is 0 Å². The molecule has 0 atom stereocenters. The van der Waals surface area contributed by atoms with E-state index < -0.39 is 8.87 Å². The first-order valence-corrected chi connectivity index (χ1v) is 11.1. The molecule has 4 heteroatoms. The summed E-state index contributed by atoms with van der Waals surface area (Å²) >= 11 is 0. The molecular weight excluding hydrogens is 324 g/mol. The molecule has 2 aromatic rings. The van der Waals surface area contributed by atoms with E-state index in [0.717, 1.165) is 42.0 Å². The van der Waals surface area contributed by atoms with E-state index in [0.29, 0.717) is 10.6 Å². The van der Waals surface area contributed by atoms with Gasteiger partial charge in [0.05, 0.1) is 4.90 Å². The van der Waals surface area contributed by atoms with Crippen molar-refractivity contribution < 1.29 is 8.42 Å². The molecule has 0 fully saturated rings. The van der Waals surface area contributed by atoms with Crippen LogP contribution >= 0.6 is 10.8 Å². The van der Waals surface area contributed by atoms with Crippen molar-refractivity contribution in [1.29, 1.82) is 0 Å². The Morgan fingerprint density at radius 3 is 2.22 bits per heavy atom. The van der Waals surface area contributed by atoms with E-state index >= 15 is 0 Å². The van der Waals surface area contributed by atoms with Crippen LogP contribution in [0.2, 0.25) is 0 Å². The standard InChI is InChI=1S/C19H24O2S2/c1-17-11-8-9-15-19(17)23(20,21)22-16-10-3-2-5-12-18-13-6-4-7-14-18/h4,6-9,11,13-15H,2-3,5,10,12,16H2,1H3. The molecule has 0 saturated carbocycles. The van der Waals surface area contributed by atoms with E-state index in [1.165, 1.54) is 12.0 Å². The van der Waals surface area contributed by atoms with Gasteiger partial charge in [0.25, 0.3) is 0 Å². The predicted octanol–water partition coefficient (Wildman–Crippen LogP) is 5.22. The molecule has 0 aliphatic carbocycles. The van der Waals surface area contributed by atoms with Gasteiger partial charge >= 0.3 is 0 Å². The Kier molecular flexibility index (Phi) is 7.18. The average Bonchev–Trinajstić information content (AvgIpc) is 2.55. The van der Waals surface area contributed by atoms with Crippen LogP contribution in [0.15, 0.2) is 59.5 Å². The molecule has 0 N–H and O–H groups in total. The van der Waals surface area contributed by atoms with Crippen molar-refractivity contribution in [2.45, 2.75) is 43.9 Å². The molecule has 0 spiro atoms. The molecule has 124 valence electrons. The highest BCUT2D eigenvalue weighted by Crippen LogP contribution is 2.26. The van der Waals surface area contributed by atoms with E-state index in [2.05, 4.69) is 24.3 Å². The number of benzene rings is 2. The minimum atomic E-state index is -3.21. The van der Waals surface area contributed by atoms with Gasteiger partial charge in [0.1, 0.15) is 0 Å². The van der Waals surface area contributed by atoms with Crippen molar-refractivity contribution in [2.24, 2.45) is 0 Å². The highest BCUT2D eigenvalue weighted by molar-refractivity contribution is 8.72. The Bertz CT molecular complexity index is 694. The zero-order chi connectivity index (χ0) is 16.5. The number of rotatable bonds is 9. The summed E-state index contributed by atoms with van der Waals surface area (Å²) in [6, 6.07) is 17.7. The lowest BCUT2D eigenvalue weighted by molar-refractivity contribution is 0.609. The van der Waals surface area contributed by atoms with Crippen LogP contribution in [-0.4, -0.2) is 14.2 Å². The maximum atomic E-state index is 12.3. The molecule has 0 amide bonds. The van der Waals surface area contributed by atoms with Gasteiger partial charge in [-0.2, -0.15) is 0 Å². The van der Waals surface area contributed by atoms with Crippen molar-refractivity contribution >= 4 is 19.7 Å². The van der Waals surface area contributed by atoms with Crippen LogP contribution in [0.25, 0.3) is 0 Å². The van der Waals surface area contributed by atoms with E-state index in [4.69, 9.17) is 0 Å². The molecule has 0 saturated heterocycles. The van der Waals surface area contributed by atoms with Gasteiger partial charge in [-0.25, -0.2) is 8.42 Å². The van der Waals surface area contributed by atoms with E-state index in [1.54, 1.807) is 12.1 Å². The van der Waals surface area contributed by atoms with Gasteiger partial charge in [0.2, 0.25) is 8.87 Å². The van der Waals surface area contributed by atoms with E-state index in [1.807, 2.05) is 25.1 Å². The smallest absolute Gasteiger partial charge is 0.212 e. The molecule has 0 unspecified atom stereocenters. The van der Waals surface area contributed by atoms with Gasteiger partial charge in [-0.15, -0.1) is 0 Å². The van der Waals surface area contributed by atoms with Gasteiger partial charge in [-0.05, 0) is 54.2 Å². The van der Waals surface area contributed by atoms with Crippen LogP contribution in [0.4, 0.5) is 0 Å². The summed E-state index contributed by atoms with van der Waals surface area (Å²) in [6.45, 7) is 1.84. The first-order chi connectivity index (χ1) is 11.1. The summed E-state index contributed by atoms with van der Waals surface area (Å²) in [6.07, 6.45) is 5.46. The van der Waals surface area contributed by atoms with Crippen molar-refractivity contribution in [2.75, 3.05) is 5.75 Å². The van der Waals surface area contributed by atoms with Crippen LogP contribution in [0.1, 0.15) is 36.8 Å². The zero-order valence-corrected chi connectivity index (χ0v) is 15.2. The summed E-state index contributed by atoms with van der Waals surface area (Å²) in [7, 11) is -2.14. The topological polar surface area (TPSA) is 34.1 Å². The molecule has 0 heterocycles. The van der Waals surface area contributed by atoms with Gasteiger partial charge in [-0.1, -0.05) is 61.4 Å². The Hall–Kier alpha value is -1.26. The molecule has 2 aromatic carbocycles. The number of hydrogen-bond acceptors (Lipinski definition) is 3. The third-order valence-corrected chi connectivity index (χ3v) is 7.54. The normalized spacial score (nSPS) is 11.5. The van der Waals surface area contributed by atoms with Crippen LogP contribution < -0.4 is 0 Å². The fraction of sp³-hybridized carbons (Fsp3) is 0.368. The summed E-state index contributed by atoms with van der Waals surface area (Å²) < 4.78 is 24.6. The maximum Gasteiger partial charge on any atom is 0.230 e. The molecule has 0 aromatic heterocycles. The summed E-state index contributed by atoms with van der Waals surface area (Å²) in [5, 5.41) is 0. The third kappa shape index (κ3) is 6.04. The highest BCUT2D eigenvalue weighted by Gasteiger charge is 2.16. The van der Waals surface area contributed by atoms with Crippen LogP contribution in [0.5, 0.6) is 0 Å². The van der Waals surface area contributed by atoms with Gasteiger partial charge in [0, 0.05) is 5.75 Å². The molecule has 0 radical (unpaired) electrons. The molecule has 2 rings (SSSR count). The quantitative estimate of drug-likeness (QED) is 0.460. The van der Waals surface area contributed by atoms with Crippen LogP contribution in [-0.2, 0) is 15.3 Å². The fourth-order valence-corrected chi connectivity index (χ4v) is 5.83. The molecule has 0 aliphatic heterocycles. The van der Waals surface area contributed by atoms with E-state index in [9.17, 15) is 8.42 Å². The molecule has 2 nitrogen and oxygen atoms in total. The molecular formula is C19H24O2S2.